The number of fused-ring (bicyclic) bond motifs is 1. The molecule has 5 heteroatoms. The molecule has 0 bridgehead atoms. The highest BCUT2D eigenvalue weighted by molar-refractivity contribution is 7.09. The lowest BCUT2D eigenvalue weighted by molar-refractivity contribution is 0.179. The number of aromatic nitrogens is 2. The van der Waals surface area contributed by atoms with Crippen molar-refractivity contribution in [1.82, 2.24) is 9.36 Å². The van der Waals surface area contributed by atoms with E-state index >= 15 is 0 Å². The largest absolute Gasteiger partial charge is 0.377 e. The monoisotopic (exact) mass is 253 g/mol. The molecule has 1 aromatic rings. The molecule has 4 nitrogen and oxygen atoms in total. The van der Waals surface area contributed by atoms with Crippen LogP contribution in [0.5, 0.6) is 0 Å². The topological polar surface area (TPSA) is 38.2 Å². The number of ether oxygens (including phenoxy) is 1. The number of nitrogens with zero attached hydrogens (tertiary/aromatic N) is 3. The van der Waals surface area contributed by atoms with Crippen molar-refractivity contribution in [2.45, 2.75) is 44.8 Å². The Hall–Kier alpha value is -0.680. The van der Waals surface area contributed by atoms with Gasteiger partial charge in [-0.1, -0.05) is 12.8 Å². The Balaban J connectivity index is 1.74. The van der Waals surface area contributed by atoms with E-state index < -0.39 is 0 Å². The van der Waals surface area contributed by atoms with E-state index in [0.29, 0.717) is 6.61 Å². The molecule has 1 saturated carbocycles. The highest BCUT2D eigenvalue weighted by Gasteiger charge is 2.37. The van der Waals surface area contributed by atoms with E-state index in [0.717, 1.165) is 29.5 Å². The quantitative estimate of drug-likeness (QED) is 0.829. The molecule has 0 radical (unpaired) electrons. The lowest BCUT2D eigenvalue weighted by atomic mass is 9.85. The second-order valence-corrected chi connectivity index (χ2v) is 5.75. The van der Waals surface area contributed by atoms with Gasteiger partial charge in [0.2, 0.25) is 5.13 Å². The molecule has 1 saturated heterocycles. The van der Waals surface area contributed by atoms with Crippen molar-refractivity contribution in [3.05, 3.63) is 5.82 Å². The lowest BCUT2D eigenvalue weighted by Gasteiger charge is -2.31. The van der Waals surface area contributed by atoms with Gasteiger partial charge in [-0.3, -0.25) is 0 Å². The number of hydrogen-bond donors (Lipinski definition) is 0. The minimum absolute atomic E-state index is 0.526. The first-order valence-corrected chi connectivity index (χ1v) is 7.24. The molecule has 0 aromatic carbocycles. The minimum atomic E-state index is 0.526. The third-order valence-corrected chi connectivity index (χ3v) is 4.78. The molecule has 1 aliphatic heterocycles. The normalized spacial score (nSPS) is 28.4. The van der Waals surface area contributed by atoms with Crippen molar-refractivity contribution in [3.8, 4) is 0 Å². The van der Waals surface area contributed by atoms with Gasteiger partial charge in [0, 0.05) is 31.2 Å². The van der Waals surface area contributed by atoms with Crippen molar-refractivity contribution in [2.75, 3.05) is 18.6 Å². The summed E-state index contributed by atoms with van der Waals surface area (Å²) in [7, 11) is 1.69. The molecular weight excluding hydrogens is 234 g/mol. The summed E-state index contributed by atoms with van der Waals surface area (Å²) in [5.41, 5.74) is 0. The molecule has 0 amide bonds. The van der Waals surface area contributed by atoms with Crippen LogP contribution in [0, 0.1) is 5.92 Å². The van der Waals surface area contributed by atoms with E-state index in [9.17, 15) is 0 Å². The predicted molar refractivity (Wildman–Crippen MR) is 68.3 cm³/mol. The van der Waals surface area contributed by atoms with Gasteiger partial charge in [-0.25, -0.2) is 4.98 Å². The fraction of sp³-hybridized carbons (Fsp3) is 0.833. The van der Waals surface area contributed by atoms with Gasteiger partial charge < -0.3 is 9.64 Å². The number of rotatable bonds is 3. The maximum absolute atomic E-state index is 5.07. The van der Waals surface area contributed by atoms with Crippen LogP contribution in [0.25, 0.3) is 0 Å². The molecule has 2 fully saturated rings. The van der Waals surface area contributed by atoms with E-state index in [4.69, 9.17) is 4.74 Å². The average Bonchev–Trinajstić information content (AvgIpc) is 2.95. The van der Waals surface area contributed by atoms with Crippen molar-refractivity contribution in [1.29, 1.82) is 0 Å². The molecular formula is C12H19N3OS. The van der Waals surface area contributed by atoms with E-state index in [1.807, 2.05) is 0 Å². The average molecular weight is 253 g/mol. The van der Waals surface area contributed by atoms with Gasteiger partial charge in [-0.15, -0.1) is 0 Å². The maximum atomic E-state index is 5.07. The summed E-state index contributed by atoms with van der Waals surface area (Å²) in [6.07, 6.45) is 6.88. The predicted octanol–water partition coefficient (Wildman–Crippen LogP) is 2.45. The summed E-state index contributed by atoms with van der Waals surface area (Å²) in [4.78, 5) is 7.07. The van der Waals surface area contributed by atoms with Crippen molar-refractivity contribution in [2.24, 2.45) is 5.92 Å². The minimum Gasteiger partial charge on any atom is -0.377 e. The standard InChI is InChI=1S/C12H19N3OS/c1-16-8-11-13-12(17-14-11)15-7-6-9-4-2-3-5-10(9)15/h9-10H,2-8H2,1H3. The van der Waals surface area contributed by atoms with Gasteiger partial charge in [0.1, 0.15) is 6.61 Å². The van der Waals surface area contributed by atoms with Crippen LogP contribution in [0.3, 0.4) is 0 Å². The SMILES string of the molecule is COCc1nsc(N2CCC3CCCCC32)n1. The highest BCUT2D eigenvalue weighted by Crippen LogP contribution is 2.39. The third-order valence-electron chi connectivity index (χ3n) is 3.99. The molecule has 2 atom stereocenters. The van der Waals surface area contributed by atoms with Crippen LogP contribution >= 0.6 is 11.5 Å². The highest BCUT2D eigenvalue weighted by atomic mass is 32.1. The van der Waals surface area contributed by atoms with Crippen LogP contribution in [0.4, 0.5) is 5.13 Å². The molecule has 2 aliphatic rings. The first kappa shape index (κ1) is 11.4. The molecule has 1 aliphatic carbocycles. The smallest absolute Gasteiger partial charge is 0.205 e. The molecule has 17 heavy (non-hydrogen) atoms. The van der Waals surface area contributed by atoms with Gasteiger partial charge in [0.15, 0.2) is 5.82 Å². The second kappa shape index (κ2) is 4.90. The summed E-state index contributed by atoms with van der Waals surface area (Å²) in [5.74, 6) is 1.73. The molecule has 2 heterocycles. The van der Waals surface area contributed by atoms with Crippen LogP contribution in [0.1, 0.15) is 37.9 Å². The van der Waals surface area contributed by atoms with Crippen LogP contribution in [-0.2, 0) is 11.3 Å². The Labute approximate surface area is 106 Å². The Morgan fingerprint density at radius 3 is 3.12 bits per heavy atom. The van der Waals surface area contributed by atoms with Crippen molar-refractivity contribution < 1.29 is 4.74 Å². The summed E-state index contributed by atoms with van der Waals surface area (Å²) in [6, 6.07) is 0.729. The summed E-state index contributed by atoms with van der Waals surface area (Å²) in [5, 5.41) is 1.10. The van der Waals surface area contributed by atoms with Crippen LogP contribution < -0.4 is 4.90 Å². The van der Waals surface area contributed by atoms with E-state index in [1.54, 1.807) is 7.11 Å². The molecule has 0 spiro atoms. The first-order valence-electron chi connectivity index (χ1n) is 6.46. The molecule has 2 unspecified atom stereocenters. The molecule has 3 rings (SSSR count). The fourth-order valence-electron chi connectivity index (χ4n) is 3.19. The van der Waals surface area contributed by atoms with Gasteiger partial charge >= 0.3 is 0 Å². The third kappa shape index (κ3) is 2.18. The Morgan fingerprint density at radius 2 is 2.24 bits per heavy atom. The molecule has 94 valence electrons. The van der Waals surface area contributed by atoms with Crippen molar-refractivity contribution >= 4 is 16.7 Å². The Morgan fingerprint density at radius 1 is 1.35 bits per heavy atom. The summed E-state index contributed by atoms with van der Waals surface area (Å²) in [6.45, 7) is 1.69. The van der Waals surface area contributed by atoms with Crippen LogP contribution in [0.2, 0.25) is 0 Å². The van der Waals surface area contributed by atoms with E-state index in [-0.39, 0.29) is 0 Å². The molecule has 1 aromatic heterocycles. The zero-order valence-corrected chi connectivity index (χ0v) is 11.1. The maximum Gasteiger partial charge on any atom is 0.205 e. The van der Waals surface area contributed by atoms with E-state index in [2.05, 4.69) is 14.3 Å². The number of hydrogen-bond acceptors (Lipinski definition) is 5. The fourth-order valence-corrected chi connectivity index (χ4v) is 3.95. The Kier molecular flexibility index (Phi) is 3.29. The Bertz CT molecular complexity index is 382. The van der Waals surface area contributed by atoms with E-state index in [1.165, 1.54) is 43.6 Å². The van der Waals surface area contributed by atoms with Gasteiger partial charge in [-0.2, -0.15) is 4.37 Å². The van der Waals surface area contributed by atoms with Gasteiger partial charge in [0.25, 0.3) is 0 Å². The molecule has 0 N–H and O–H groups in total. The zero-order chi connectivity index (χ0) is 11.7. The summed E-state index contributed by atoms with van der Waals surface area (Å²) >= 11 is 1.53. The number of anilines is 1. The van der Waals surface area contributed by atoms with Gasteiger partial charge in [0.05, 0.1) is 0 Å². The summed E-state index contributed by atoms with van der Waals surface area (Å²) < 4.78 is 9.43. The zero-order valence-electron chi connectivity index (χ0n) is 10.3. The first-order chi connectivity index (χ1) is 8.38. The lowest BCUT2D eigenvalue weighted by Crippen LogP contribution is -2.34. The number of methoxy groups -OCH3 is 1. The van der Waals surface area contributed by atoms with Gasteiger partial charge in [-0.05, 0) is 25.2 Å². The van der Waals surface area contributed by atoms with Crippen LogP contribution in [-0.4, -0.2) is 29.1 Å². The second-order valence-electron chi connectivity index (χ2n) is 5.02. The van der Waals surface area contributed by atoms with Crippen molar-refractivity contribution in [3.63, 3.8) is 0 Å². The van der Waals surface area contributed by atoms with Crippen LogP contribution in [0.15, 0.2) is 0 Å².